The highest BCUT2D eigenvalue weighted by molar-refractivity contribution is 5.84. The Bertz CT molecular complexity index is 1330. The number of fused-ring (bicyclic) bond motifs is 1. The molecule has 0 aliphatic carbocycles. The fourth-order valence-corrected chi connectivity index (χ4v) is 3.98. The van der Waals surface area contributed by atoms with Crippen LogP contribution in [0.25, 0.3) is 11.0 Å². The molecule has 3 aromatic carbocycles. The molecule has 0 spiro atoms. The largest absolute Gasteiger partial charge is 0.416 e. The lowest BCUT2D eigenvalue weighted by molar-refractivity contribution is -0.137. The minimum Gasteiger partial charge on any atom is -0.354 e. The zero-order valence-electron chi connectivity index (χ0n) is 21.0. The van der Waals surface area contributed by atoms with E-state index in [1.54, 1.807) is 0 Å². The van der Waals surface area contributed by atoms with Gasteiger partial charge < -0.3 is 10.3 Å². The maximum absolute atomic E-state index is 13.0. The molecule has 5 nitrogen and oxygen atoms in total. The summed E-state index contributed by atoms with van der Waals surface area (Å²) >= 11 is 0. The topological polar surface area (TPSA) is 66.9 Å². The number of amides is 1. The van der Waals surface area contributed by atoms with Crippen LogP contribution in [0.3, 0.4) is 0 Å². The van der Waals surface area contributed by atoms with Gasteiger partial charge in [0.25, 0.3) is 0 Å². The lowest BCUT2D eigenvalue weighted by Crippen LogP contribution is -2.37. The Morgan fingerprint density at radius 3 is 2.22 bits per heavy atom. The van der Waals surface area contributed by atoms with Crippen molar-refractivity contribution in [1.82, 2.24) is 14.9 Å². The number of benzene rings is 3. The van der Waals surface area contributed by atoms with Crippen LogP contribution in [-0.2, 0) is 17.4 Å². The summed E-state index contributed by atoms with van der Waals surface area (Å²) < 4.78 is 40.3. The molecule has 1 aromatic heterocycles. The zero-order chi connectivity index (χ0) is 26.8. The first-order chi connectivity index (χ1) is 17.7. The van der Waals surface area contributed by atoms with Crippen molar-refractivity contribution < 1.29 is 18.0 Å². The predicted octanol–water partition coefficient (Wildman–Crippen LogP) is 6.43. The number of imidazole rings is 1. The number of alkyl halides is 3. The molecule has 0 saturated carbocycles. The SMILES string of the molecule is CCCCNC(=O)C(CCc1ccccc1)n1c(=O)[nH]c2cc(C(F)(F)F)ccc21.Cc1ccccc1. The van der Waals surface area contributed by atoms with Crippen LogP contribution in [-0.4, -0.2) is 22.0 Å². The van der Waals surface area contributed by atoms with Crippen molar-refractivity contribution in [1.29, 1.82) is 0 Å². The summed E-state index contributed by atoms with van der Waals surface area (Å²) in [5.74, 6) is -0.317. The second-order valence-corrected chi connectivity index (χ2v) is 8.87. The number of aryl methyl sites for hydroxylation is 2. The summed E-state index contributed by atoms with van der Waals surface area (Å²) in [5, 5.41) is 2.84. The van der Waals surface area contributed by atoms with Crippen LogP contribution in [0.4, 0.5) is 13.2 Å². The minimum atomic E-state index is -4.52. The second kappa shape index (κ2) is 12.9. The van der Waals surface area contributed by atoms with Crippen LogP contribution < -0.4 is 11.0 Å². The van der Waals surface area contributed by atoms with Gasteiger partial charge in [-0.3, -0.25) is 9.36 Å². The number of hydrogen-bond donors (Lipinski definition) is 2. The van der Waals surface area contributed by atoms with Crippen LogP contribution >= 0.6 is 0 Å². The van der Waals surface area contributed by atoms with E-state index in [9.17, 15) is 22.8 Å². The molecule has 4 aromatic rings. The summed E-state index contributed by atoms with van der Waals surface area (Å²) in [6.07, 6.45) is -1.92. The van der Waals surface area contributed by atoms with Gasteiger partial charge in [0.05, 0.1) is 16.6 Å². The number of nitrogens with zero attached hydrogens (tertiary/aromatic N) is 1. The number of halogens is 3. The fourth-order valence-electron chi connectivity index (χ4n) is 3.98. The molecular formula is C29H32F3N3O2. The van der Waals surface area contributed by atoms with E-state index < -0.39 is 23.5 Å². The monoisotopic (exact) mass is 511 g/mol. The molecule has 2 N–H and O–H groups in total. The smallest absolute Gasteiger partial charge is 0.354 e. The fraction of sp³-hybridized carbons (Fsp3) is 0.310. The van der Waals surface area contributed by atoms with Gasteiger partial charge in [-0.15, -0.1) is 0 Å². The third-order valence-electron chi connectivity index (χ3n) is 5.98. The number of hydrogen-bond acceptors (Lipinski definition) is 2. The van der Waals surface area contributed by atoms with Gasteiger partial charge in [-0.2, -0.15) is 13.2 Å². The van der Waals surface area contributed by atoms with Crippen LogP contribution in [0.15, 0.2) is 83.7 Å². The van der Waals surface area contributed by atoms with Crippen molar-refractivity contribution in [3.05, 3.63) is 106 Å². The summed E-state index contributed by atoms with van der Waals surface area (Å²) in [5.41, 5.74) is 1.21. The van der Waals surface area contributed by atoms with Gasteiger partial charge in [0.2, 0.25) is 5.91 Å². The quantitative estimate of drug-likeness (QED) is 0.268. The third kappa shape index (κ3) is 7.84. The van der Waals surface area contributed by atoms with Gasteiger partial charge in [0.1, 0.15) is 6.04 Å². The number of aromatic nitrogens is 2. The molecule has 1 heterocycles. The molecule has 0 fully saturated rings. The average Bonchev–Trinajstić information content (AvgIpc) is 3.20. The molecule has 0 bridgehead atoms. The summed E-state index contributed by atoms with van der Waals surface area (Å²) in [4.78, 5) is 28.0. The molecule has 4 rings (SSSR count). The highest BCUT2D eigenvalue weighted by atomic mass is 19.4. The van der Waals surface area contributed by atoms with E-state index >= 15 is 0 Å². The van der Waals surface area contributed by atoms with Crippen LogP contribution in [0.5, 0.6) is 0 Å². The number of H-pyrrole nitrogens is 1. The summed E-state index contributed by atoms with van der Waals surface area (Å²) in [7, 11) is 0. The van der Waals surface area contributed by atoms with E-state index in [0.29, 0.717) is 19.4 Å². The highest BCUT2D eigenvalue weighted by Crippen LogP contribution is 2.31. The van der Waals surface area contributed by atoms with Gasteiger partial charge in [-0.05, 0) is 49.9 Å². The molecule has 0 radical (unpaired) electrons. The Hall–Kier alpha value is -3.81. The molecule has 1 unspecified atom stereocenters. The van der Waals surface area contributed by atoms with Crippen LogP contribution in [0.1, 0.15) is 48.9 Å². The summed E-state index contributed by atoms with van der Waals surface area (Å²) in [6, 6.07) is 22.0. The second-order valence-electron chi connectivity index (χ2n) is 8.87. The van der Waals surface area contributed by atoms with Gasteiger partial charge >= 0.3 is 11.9 Å². The molecule has 0 saturated heterocycles. The zero-order valence-corrected chi connectivity index (χ0v) is 21.0. The van der Waals surface area contributed by atoms with Crippen molar-refractivity contribution >= 4 is 16.9 Å². The number of nitrogens with one attached hydrogen (secondary N) is 2. The van der Waals surface area contributed by atoms with Gasteiger partial charge in [-0.25, -0.2) is 4.79 Å². The Morgan fingerprint density at radius 1 is 1.00 bits per heavy atom. The molecule has 37 heavy (non-hydrogen) atoms. The van der Waals surface area contributed by atoms with E-state index in [1.165, 1.54) is 16.2 Å². The van der Waals surface area contributed by atoms with Gasteiger partial charge in [0.15, 0.2) is 0 Å². The van der Waals surface area contributed by atoms with E-state index in [4.69, 9.17) is 0 Å². The number of carbonyl (C=O) groups excluding carboxylic acids is 1. The highest BCUT2D eigenvalue weighted by Gasteiger charge is 2.32. The molecule has 1 atom stereocenters. The predicted molar refractivity (Wildman–Crippen MR) is 140 cm³/mol. The Balaban J connectivity index is 0.000000468. The first-order valence-electron chi connectivity index (χ1n) is 12.4. The van der Waals surface area contributed by atoms with E-state index in [2.05, 4.69) is 29.4 Å². The van der Waals surface area contributed by atoms with Crippen molar-refractivity contribution in [3.63, 3.8) is 0 Å². The Kier molecular flexibility index (Phi) is 9.71. The standard InChI is InChI=1S/C22H24F3N3O2.C7H8/c1-2-3-13-26-20(29)19(11-9-15-7-5-4-6-8-15)28-18-12-10-16(22(23,24)25)14-17(18)27-21(28)30;1-7-5-3-2-4-6-7/h4-8,10,12,14,19H,2-3,9,11,13H2,1H3,(H,26,29)(H,27,30);2-6H,1H3. The maximum Gasteiger partial charge on any atom is 0.416 e. The van der Waals surface area contributed by atoms with E-state index in [0.717, 1.165) is 30.5 Å². The molecule has 1 amide bonds. The molecule has 0 aliphatic rings. The number of rotatable bonds is 8. The number of unbranched alkanes of at least 4 members (excludes halogenated alkanes) is 1. The van der Waals surface area contributed by atoms with Crippen molar-refractivity contribution in [2.75, 3.05) is 6.54 Å². The average molecular weight is 512 g/mol. The molecule has 196 valence electrons. The van der Waals surface area contributed by atoms with Gasteiger partial charge in [-0.1, -0.05) is 79.6 Å². The Morgan fingerprint density at radius 2 is 1.65 bits per heavy atom. The molecule has 8 heteroatoms. The van der Waals surface area contributed by atoms with Crippen molar-refractivity contribution in [2.24, 2.45) is 0 Å². The van der Waals surface area contributed by atoms with Crippen molar-refractivity contribution in [2.45, 2.75) is 51.7 Å². The maximum atomic E-state index is 13.0. The lowest BCUT2D eigenvalue weighted by Gasteiger charge is -2.19. The first kappa shape index (κ1) is 27.8. The van der Waals surface area contributed by atoms with E-state index in [1.807, 2.05) is 55.5 Å². The normalized spacial score (nSPS) is 12.0. The Labute approximate surface area is 214 Å². The minimum absolute atomic E-state index is 0.0564. The molecular weight excluding hydrogens is 479 g/mol. The first-order valence-corrected chi connectivity index (χ1v) is 12.4. The number of carbonyl (C=O) groups is 1. The van der Waals surface area contributed by atoms with Crippen LogP contribution in [0, 0.1) is 6.92 Å². The van der Waals surface area contributed by atoms with E-state index in [-0.39, 0.29) is 16.9 Å². The van der Waals surface area contributed by atoms with Gasteiger partial charge in [0, 0.05) is 6.54 Å². The van der Waals surface area contributed by atoms with Crippen LogP contribution in [0.2, 0.25) is 0 Å². The lowest BCUT2D eigenvalue weighted by atomic mass is 10.0. The number of aromatic amines is 1. The molecule has 0 aliphatic heterocycles. The third-order valence-corrected chi connectivity index (χ3v) is 5.98. The summed E-state index contributed by atoms with van der Waals surface area (Å²) in [6.45, 7) is 4.56. The van der Waals surface area contributed by atoms with Crippen molar-refractivity contribution in [3.8, 4) is 0 Å².